The van der Waals surface area contributed by atoms with Gasteiger partial charge in [0.2, 0.25) is 5.91 Å². The van der Waals surface area contributed by atoms with Crippen molar-refractivity contribution < 1.29 is 9.53 Å². The lowest BCUT2D eigenvalue weighted by Crippen LogP contribution is -2.16. The summed E-state index contributed by atoms with van der Waals surface area (Å²) in [5, 5.41) is 12.3. The number of amides is 1. The van der Waals surface area contributed by atoms with Crippen LogP contribution in [0.25, 0.3) is 0 Å². The average Bonchev–Trinajstić information content (AvgIpc) is 3.12. The van der Waals surface area contributed by atoms with Gasteiger partial charge in [-0.2, -0.15) is 0 Å². The van der Waals surface area contributed by atoms with E-state index < -0.39 is 0 Å². The minimum atomic E-state index is -0.0590. The molecule has 0 aliphatic heterocycles. The molecule has 30 heavy (non-hydrogen) atoms. The number of ether oxygens (including phenoxy) is 1. The first-order chi connectivity index (χ1) is 14.4. The third kappa shape index (κ3) is 5.02. The van der Waals surface area contributed by atoms with Crippen LogP contribution in [0.5, 0.6) is 5.75 Å². The molecule has 0 spiro atoms. The number of nitrogens with one attached hydrogen (secondary N) is 1. The van der Waals surface area contributed by atoms with Gasteiger partial charge in [0.05, 0.1) is 5.75 Å². The predicted octanol–water partition coefficient (Wildman–Crippen LogP) is 4.84. The second kappa shape index (κ2) is 9.80. The molecule has 1 amide bonds. The summed E-state index contributed by atoms with van der Waals surface area (Å²) in [5.74, 6) is 1.80. The number of anilines is 1. The van der Waals surface area contributed by atoms with E-state index in [4.69, 9.17) is 4.74 Å². The lowest BCUT2D eigenvalue weighted by Gasteiger charge is -2.12. The number of hydrogen-bond acceptors (Lipinski definition) is 5. The zero-order valence-electron chi connectivity index (χ0n) is 18.2. The van der Waals surface area contributed by atoms with Crippen molar-refractivity contribution >= 4 is 23.4 Å². The number of carbonyl (C=O) groups excluding carboxylic acids is 1. The van der Waals surface area contributed by atoms with Gasteiger partial charge >= 0.3 is 0 Å². The minimum absolute atomic E-state index is 0.0590. The first-order valence-corrected chi connectivity index (χ1v) is 11.0. The molecule has 1 N–H and O–H groups in total. The molecule has 1 heterocycles. The van der Waals surface area contributed by atoms with E-state index in [0.717, 1.165) is 34.0 Å². The van der Waals surface area contributed by atoms with Crippen molar-refractivity contribution in [3.8, 4) is 5.75 Å². The predicted molar refractivity (Wildman–Crippen MR) is 121 cm³/mol. The van der Waals surface area contributed by atoms with E-state index in [1.807, 2.05) is 62.6 Å². The Labute approximate surface area is 182 Å². The molecule has 0 atom stereocenters. The summed E-state index contributed by atoms with van der Waals surface area (Å²) < 4.78 is 7.97. The zero-order chi connectivity index (χ0) is 21.7. The molecule has 1 aromatic heterocycles. The van der Waals surface area contributed by atoms with Crippen LogP contribution in [0.3, 0.4) is 0 Å². The Morgan fingerprint density at radius 1 is 1.03 bits per heavy atom. The van der Waals surface area contributed by atoms with E-state index in [1.165, 1.54) is 17.3 Å². The molecule has 0 saturated heterocycles. The number of benzene rings is 2. The highest BCUT2D eigenvalue weighted by atomic mass is 32.2. The second-order valence-electron chi connectivity index (χ2n) is 7.23. The molecule has 3 aromatic rings. The maximum atomic E-state index is 12.5. The first-order valence-electron chi connectivity index (χ1n) is 10.0. The van der Waals surface area contributed by atoms with Gasteiger partial charge in [-0.05, 0) is 62.9 Å². The molecule has 0 fully saturated rings. The van der Waals surface area contributed by atoms with Crippen molar-refractivity contribution in [2.24, 2.45) is 0 Å². The number of aromatic nitrogens is 3. The van der Waals surface area contributed by atoms with Gasteiger partial charge in [-0.1, -0.05) is 42.1 Å². The fourth-order valence-electron chi connectivity index (χ4n) is 3.19. The van der Waals surface area contributed by atoms with Gasteiger partial charge in [-0.3, -0.25) is 4.79 Å². The quantitative estimate of drug-likeness (QED) is 0.524. The molecule has 0 unspecified atom stereocenters. The van der Waals surface area contributed by atoms with Gasteiger partial charge in [0.15, 0.2) is 11.0 Å². The molecular weight excluding hydrogens is 396 g/mol. The van der Waals surface area contributed by atoms with Crippen LogP contribution in [0.15, 0.2) is 41.6 Å². The van der Waals surface area contributed by atoms with E-state index in [2.05, 4.69) is 28.5 Å². The number of aryl methyl sites for hydroxylation is 3. The van der Waals surface area contributed by atoms with E-state index in [9.17, 15) is 4.79 Å². The number of nitrogens with zero attached hydrogens (tertiary/aromatic N) is 3. The standard InChI is InChI=1S/C23H28N4O2S/c1-6-27-20(13-29-19-12-8-9-15(2)18(19)5)25-26-23(27)30-14-21(28)24-22-16(3)10-7-11-17(22)4/h7-12H,6,13-14H2,1-5H3,(H,24,28). The van der Waals surface area contributed by atoms with Crippen molar-refractivity contribution in [1.82, 2.24) is 14.8 Å². The molecule has 158 valence electrons. The SMILES string of the molecule is CCn1c(COc2cccc(C)c2C)nnc1SCC(=O)Nc1c(C)cccc1C. The Hall–Kier alpha value is -2.80. The summed E-state index contributed by atoms with van der Waals surface area (Å²) >= 11 is 1.38. The molecule has 0 radical (unpaired) electrons. The van der Waals surface area contributed by atoms with Gasteiger partial charge in [0, 0.05) is 12.2 Å². The average molecular weight is 425 g/mol. The monoisotopic (exact) mass is 424 g/mol. The van der Waals surface area contributed by atoms with Crippen LogP contribution in [0, 0.1) is 27.7 Å². The number of thioether (sulfide) groups is 1. The topological polar surface area (TPSA) is 69.0 Å². The number of rotatable bonds is 8. The Bertz CT molecular complexity index is 1030. The van der Waals surface area contributed by atoms with Crippen LogP contribution in [-0.4, -0.2) is 26.4 Å². The molecule has 0 saturated carbocycles. The van der Waals surface area contributed by atoms with Crippen molar-refractivity contribution in [1.29, 1.82) is 0 Å². The molecule has 6 nitrogen and oxygen atoms in total. The normalized spacial score (nSPS) is 10.8. The lowest BCUT2D eigenvalue weighted by molar-refractivity contribution is -0.113. The Kier molecular flexibility index (Phi) is 7.15. The van der Waals surface area contributed by atoms with E-state index in [0.29, 0.717) is 18.3 Å². The van der Waals surface area contributed by atoms with Crippen LogP contribution in [0.1, 0.15) is 35.0 Å². The van der Waals surface area contributed by atoms with Gasteiger partial charge in [-0.25, -0.2) is 0 Å². The van der Waals surface area contributed by atoms with Gasteiger partial charge in [-0.15, -0.1) is 10.2 Å². The van der Waals surface area contributed by atoms with Crippen LogP contribution in [0.4, 0.5) is 5.69 Å². The molecule has 0 aliphatic carbocycles. The summed E-state index contributed by atoms with van der Waals surface area (Å²) in [5.41, 5.74) is 5.29. The van der Waals surface area contributed by atoms with Crippen molar-refractivity contribution in [3.63, 3.8) is 0 Å². The number of para-hydroxylation sites is 1. The largest absolute Gasteiger partial charge is 0.485 e. The summed E-state index contributed by atoms with van der Waals surface area (Å²) in [6, 6.07) is 12.0. The number of carbonyl (C=O) groups is 1. The Morgan fingerprint density at radius 2 is 1.70 bits per heavy atom. The third-order valence-electron chi connectivity index (χ3n) is 5.10. The summed E-state index contributed by atoms with van der Waals surface area (Å²) in [7, 11) is 0. The number of hydrogen-bond donors (Lipinski definition) is 1. The van der Waals surface area contributed by atoms with Crippen molar-refractivity contribution in [2.75, 3.05) is 11.1 Å². The maximum absolute atomic E-state index is 12.5. The maximum Gasteiger partial charge on any atom is 0.234 e. The second-order valence-corrected chi connectivity index (χ2v) is 8.18. The molecule has 7 heteroatoms. The van der Waals surface area contributed by atoms with Crippen LogP contribution in [0.2, 0.25) is 0 Å². The lowest BCUT2D eigenvalue weighted by atomic mass is 10.1. The smallest absolute Gasteiger partial charge is 0.234 e. The summed E-state index contributed by atoms with van der Waals surface area (Å²) in [6.45, 7) is 11.2. The van der Waals surface area contributed by atoms with Crippen molar-refractivity contribution in [2.45, 2.75) is 52.9 Å². The minimum Gasteiger partial charge on any atom is -0.485 e. The Morgan fingerprint density at radius 3 is 2.40 bits per heavy atom. The highest BCUT2D eigenvalue weighted by Crippen LogP contribution is 2.24. The Balaban J connectivity index is 1.62. The van der Waals surface area contributed by atoms with Crippen LogP contribution in [-0.2, 0) is 17.9 Å². The fourth-order valence-corrected chi connectivity index (χ4v) is 4.01. The van der Waals surface area contributed by atoms with Gasteiger partial charge < -0.3 is 14.6 Å². The highest BCUT2D eigenvalue weighted by Gasteiger charge is 2.15. The van der Waals surface area contributed by atoms with Crippen LogP contribution >= 0.6 is 11.8 Å². The van der Waals surface area contributed by atoms with E-state index in [1.54, 1.807) is 0 Å². The van der Waals surface area contributed by atoms with Crippen molar-refractivity contribution in [3.05, 3.63) is 64.5 Å². The summed E-state index contributed by atoms with van der Waals surface area (Å²) in [6.07, 6.45) is 0. The molecule has 3 rings (SSSR count). The van der Waals surface area contributed by atoms with E-state index in [-0.39, 0.29) is 11.7 Å². The van der Waals surface area contributed by atoms with E-state index >= 15 is 0 Å². The van der Waals surface area contributed by atoms with Gasteiger partial charge in [0.25, 0.3) is 0 Å². The molecule has 0 bridgehead atoms. The third-order valence-corrected chi connectivity index (χ3v) is 6.07. The summed E-state index contributed by atoms with van der Waals surface area (Å²) in [4.78, 5) is 12.5. The first kappa shape index (κ1) is 21.9. The molecule has 0 aliphatic rings. The fraction of sp³-hybridized carbons (Fsp3) is 0.348. The van der Waals surface area contributed by atoms with Crippen LogP contribution < -0.4 is 10.1 Å². The van der Waals surface area contributed by atoms with Gasteiger partial charge in [0.1, 0.15) is 12.4 Å². The highest BCUT2D eigenvalue weighted by molar-refractivity contribution is 7.99. The molecule has 2 aromatic carbocycles. The zero-order valence-corrected chi connectivity index (χ0v) is 19.0. The molecular formula is C23H28N4O2S.